The first-order chi connectivity index (χ1) is 9.24. The molecular formula is C14H18ClN3OS. The molecule has 2 heterocycles. The van der Waals surface area contributed by atoms with E-state index in [9.17, 15) is 4.79 Å². The molecule has 0 spiro atoms. The molecule has 0 bridgehead atoms. The molecule has 3 rings (SSSR count). The lowest BCUT2D eigenvalue weighted by Gasteiger charge is -2.21. The summed E-state index contributed by atoms with van der Waals surface area (Å²) < 4.78 is 1.12. The average molecular weight is 312 g/mol. The van der Waals surface area contributed by atoms with Crippen molar-refractivity contribution in [2.45, 2.75) is 32.2 Å². The number of thiazole rings is 1. The second kappa shape index (κ2) is 6.52. The van der Waals surface area contributed by atoms with Crippen molar-refractivity contribution in [2.75, 3.05) is 11.9 Å². The molecule has 1 atom stereocenters. The van der Waals surface area contributed by atoms with Gasteiger partial charge in [-0.25, -0.2) is 4.98 Å². The van der Waals surface area contributed by atoms with E-state index in [0.29, 0.717) is 5.13 Å². The van der Waals surface area contributed by atoms with Crippen molar-refractivity contribution in [2.24, 2.45) is 0 Å². The number of aryl methyl sites for hydroxylation is 1. The van der Waals surface area contributed by atoms with Crippen molar-refractivity contribution in [3.05, 3.63) is 23.8 Å². The van der Waals surface area contributed by atoms with Crippen LogP contribution in [0.3, 0.4) is 0 Å². The summed E-state index contributed by atoms with van der Waals surface area (Å²) in [7, 11) is 0. The van der Waals surface area contributed by atoms with Crippen LogP contribution in [0.4, 0.5) is 5.13 Å². The van der Waals surface area contributed by atoms with Crippen LogP contribution in [0.25, 0.3) is 10.2 Å². The summed E-state index contributed by atoms with van der Waals surface area (Å²) in [5.74, 6) is 0.0383. The quantitative estimate of drug-likeness (QED) is 0.896. The number of benzene rings is 1. The number of para-hydroxylation sites is 1. The van der Waals surface area contributed by atoms with Crippen LogP contribution in [0.15, 0.2) is 18.2 Å². The summed E-state index contributed by atoms with van der Waals surface area (Å²) in [6, 6.07) is 6.02. The Morgan fingerprint density at radius 1 is 1.45 bits per heavy atom. The van der Waals surface area contributed by atoms with Crippen molar-refractivity contribution in [3.8, 4) is 0 Å². The Kier molecular flexibility index (Phi) is 4.96. The number of hydrogen-bond acceptors (Lipinski definition) is 4. The molecule has 1 fully saturated rings. The van der Waals surface area contributed by atoms with Gasteiger partial charge in [0.2, 0.25) is 5.91 Å². The Hall–Kier alpha value is -1.17. The van der Waals surface area contributed by atoms with Crippen molar-refractivity contribution < 1.29 is 4.79 Å². The van der Waals surface area contributed by atoms with Gasteiger partial charge in [-0.15, -0.1) is 12.4 Å². The Morgan fingerprint density at radius 2 is 2.30 bits per heavy atom. The van der Waals surface area contributed by atoms with E-state index in [2.05, 4.69) is 15.6 Å². The number of hydrogen-bond donors (Lipinski definition) is 2. The lowest BCUT2D eigenvalue weighted by atomic mass is 10.0. The van der Waals surface area contributed by atoms with E-state index in [1.807, 2.05) is 25.1 Å². The summed E-state index contributed by atoms with van der Waals surface area (Å²) >= 11 is 1.53. The number of halogens is 1. The van der Waals surface area contributed by atoms with E-state index >= 15 is 0 Å². The average Bonchev–Trinajstić information content (AvgIpc) is 2.84. The van der Waals surface area contributed by atoms with Gasteiger partial charge in [0.25, 0.3) is 0 Å². The smallest absolute Gasteiger partial charge is 0.243 e. The molecule has 0 aliphatic carbocycles. The van der Waals surface area contributed by atoms with Crippen LogP contribution in [-0.4, -0.2) is 23.5 Å². The molecule has 0 saturated carbocycles. The van der Waals surface area contributed by atoms with Gasteiger partial charge in [-0.2, -0.15) is 0 Å². The highest BCUT2D eigenvalue weighted by molar-refractivity contribution is 7.22. The van der Waals surface area contributed by atoms with E-state index in [-0.39, 0.29) is 24.4 Å². The van der Waals surface area contributed by atoms with Crippen molar-refractivity contribution in [1.29, 1.82) is 0 Å². The zero-order valence-electron chi connectivity index (χ0n) is 11.3. The van der Waals surface area contributed by atoms with Crippen molar-refractivity contribution in [3.63, 3.8) is 0 Å². The molecule has 1 aliphatic heterocycles. The van der Waals surface area contributed by atoms with Crippen LogP contribution in [0.2, 0.25) is 0 Å². The number of rotatable bonds is 2. The van der Waals surface area contributed by atoms with E-state index in [4.69, 9.17) is 0 Å². The Balaban J connectivity index is 0.00000147. The molecule has 6 heteroatoms. The third-order valence-corrected chi connectivity index (χ3v) is 4.41. The highest BCUT2D eigenvalue weighted by Gasteiger charge is 2.21. The number of fused-ring (bicyclic) bond motifs is 1. The first kappa shape index (κ1) is 15.2. The molecule has 1 aliphatic rings. The molecule has 1 aromatic heterocycles. The molecule has 20 heavy (non-hydrogen) atoms. The first-order valence-corrected chi connectivity index (χ1v) is 7.46. The van der Waals surface area contributed by atoms with Crippen LogP contribution in [0, 0.1) is 6.92 Å². The fourth-order valence-electron chi connectivity index (χ4n) is 2.41. The Labute approximate surface area is 128 Å². The molecule has 1 saturated heterocycles. The monoisotopic (exact) mass is 311 g/mol. The molecule has 2 aromatic rings. The van der Waals surface area contributed by atoms with Gasteiger partial charge in [-0.05, 0) is 37.9 Å². The second-order valence-corrected chi connectivity index (χ2v) is 5.96. The van der Waals surface area contributed by atoms with E-state index in [1.54, 1.807) is 0 Å². The number of anilines is 1. The van der Waals surface area contributed by atoms with Crippen LogP contribution in [-0.2, 0) is 4.79 Å². The number of carbonyl (C=O) groups is 1. The first-order valence-electron chi connectivity index (χ1n) is 6.64. The maximum absolute atomic E-state index is 12.1. The zero-order valence-corrected chi connectivity index (χ0v) is 12.9. The van der Waals surface area contributed by atoms with Gasteiger partial charge in [0.15, 0.2) is 5.13 Å². The lowest BCUT2D eigenvalue weighted by molar-refractivity contribution is -0.118. The highest BCUT2D eigenvalue weighted by atomic mass is 35.5. The standard InChI is InChI=1S/C14H17N3OS.ClH/c1-9-5-4-7-11-12(9)16-14(19-11)17-13(18)10-6-2-3-8-15-10;/h4-5,7,10,15H,2-3,6,8H2,1H3,(H,16,17,18);1H. The minimum Gasteiger partial charge on any atom is -0.306 e. The highest BCUT2D eigenvalue weighted by Crippen LogP contribution is 2.28. The molecular weight excluding hydrogens is 294 g/mol. The Bertz CT molecular complexity index is 607. The number of piperidine rings is 1. The minimum absolute atomic E-state index is 0. The fraction of sp³-hybridized carbons (Fsp3) is 0.429. The summed E-state index contributed by atoms with van der Waals surface area (Å²) in [6.45, 7) is 2.97. The molecule has 2 N–H and O–H groups in total. The maximum atomic E-state index is 12.1. The second-order valence-electron chi connectivity index (χ2n) is 4.93. The molecule has 0 radical (unpaired) electrons. The number of amides is 1. The SMILES string of the molecule is Cc1cccc2sc(NC(=O)C3CCCCN3)nc12.Cl. The predicted octanol–water partition coefficient (Wildman–Crippen LogP) is 3.11. The van der Waals surface area contributed by atoms with Crippen LogP contribution < -0.4 is 10.6 Å². The molecule has 1 amide bonds. The third kappa shape index (κ3) is 3.11. The van der Waals surface area contributed by atoms with Crippen LogP contribution >= 0.6 is 23.7 Å². The summed E-state index contributed by atoms with van der Waals surface area (Å²) in [6.07, 6.45) is 3.18. The maximum Gasteiger partial charge on any atom is 0.243 e. The van der Waals surface area contributed by atoms with Gasteiger partial charge >= 0.3 is 0 Å². The molecule has 1 unspecified atom stereocenters. The molecule has 4 nitrogen and oxygen atoms in total. The number of nitrogens with zero attached hydrogens (tertiary/aromatic N) is 1. The normalized spacial score (nSPS) is 18.6. The van der Waals surface area contributed by atoms with E-state index in [0.717, 1.165) is 41.6 Å². The van der Waals surface area contributed by atoms with E-state index < -0.39 is 0 Å². The van der Waals surface area contributed by atoms with Crippen molar-refractivity contribution >= 4 is 45.0 Å². The third-order valence-electron chi connectivity index (χ3n) is 3.48. The molecule has 108 valence electrons. The summed E-state index contributed by atoms with van der Waals surface area (Å²) in [4.78, 5) is 16.6. The van der Waals surface area contributed by atoms with E-state index in [1.165, 1.54) is 11.3 Å². The summed E-state index contributed by atoms with van der Waals surface area (Å²) in [5, 5.41) is 6.88. The summed E-state index contributed by atoms with van der Waals surface area (Å²) in [5.41, 5.74) is 2.13. The van der Waals surface area contributed by atoms with Crippen LogP contribution in [0.1, 0.15) is 24.8 Å². The van der Waals surface area contributed by atoms with Gasteiger partial charge in [0.1, 0.15) is 0 Å². The minimum atomic E-state index is -0.0677. The lowest BCUT2D eigenvalue weighted by Crippen LogP contribution is -2.43. The number of aromatic nitrogens is 1. The predicted molar refractivity (Wildman–Crippen MR) is 85.9 cm³/mol. The van der Waals surface area contributed by atoms with Gasteiger partial charge in [-0.3, -0.25) is 4.79 Å². The number of nitrogens with one attached hydrogen (secondary N) is 2. The topological polar surface area (TPSA) is 54.0 Å². The Morgan fingerprint density at radius 3 is 3.00 bits per heavy atom. The largest absolute Gasteiger partial charge is 0.306 e. The fourth-order valence-corrected chi connectivity index (χ4v) is 3.35. The zero-order chi connectivity index (χ0) is 13.2. The van der Waals surface area contributed by atoms with Crippen molar-refractivity contribution in [1.82, 2.24) is 10.3 Å². The van der Waals surface area contributed by atoms with Gasteiger partial charge < -0.3 is 10.6 Å². The van der Waals surface area contributed by atoms with Gasteiger partial charge in [0.05, 0.1) is 16.3 Å². The number of carbonyl (C=O) groups excluding carboxylic acids is 1. The van der Waals surface area contributed by atoms with Gasteiger partial charge in [0, 0.05) is 0 Å². The molecule has 1 aromatic carbocycles. The van der Waals surface area contributed by atoms with Crippen LogP contribution in [0.5, 0.6) is 0 Å². The van der Waals surface area contributed by atoms with Gasteiger partial charge in [-0.1, -0.05) is 29.9 Å².